The molecule has 0 radical (unpaired) electrons. The van der Waals surface area contributed by atoms with Crippen LogP contribution in [0.4, 0.5) is 13.2 Å². The van der Waals surface area contributed by atoms with Crippen LogP contribution in [0.3, 0.4) is 0 Å². The number of hydrogen-bond acceptors (Lipinski definition) is 1. The number of halogens is 3. The fourth-order valence-corrected chi connectivity index (χ4v) is 2.07. The Kier molecular flexibility index (Phi) is 6.35. The van der Waals surface area contributed by atoms with Crippen LogP contribution in [0.25, 0.3) is 0 Å². The van der Waals surface area contributed by atoms with Gasteiger partial charge in [0.1, 0.15) is 0 Å². The van der Waals surface area contributed by atoms with E-state index >= 15 is 0 Å². The number of hydrogen-bond donors (Lipinski definition) is 1. The SMILES string of the molecule is CCCNC(CCC(F)(F)F)Cc1ccccc1C. The lowest BCUT2D eigenvalue weighted by Crippen LogP contribution is -2.33. The van der Waals surface area contributed by atoms with Crippen LogP contribution < -0.4 is 5.32 Å². The van der Waals surface area contributed by atoms with E-state index in [2.05, 4.69) is 5.32 Å². The van der Waals surface area contributed by atoms with Crippen LogP contribution in [0.2, 0.25) is 0 Å². The molecule has 0 saturated carbocycles. The third-order valence-electron chi connectivity index (χ3n) is 3.19. The Hall–Kier alpha value is -1.03. The van der Waals surface area contributed by atoms with Crippen molar-refractivity contribution in [1.29, 1.82) is 0 Å². The van der Waals surface area contributed by atoms with E-state index < -0.39 is 12.6 Å². The van der Waals surface area contributed by atoms with Gasteiger partial charge in [-0.25, -0.2) is 0 Å². The van der Waals surface area contributed by atoms with E-state index in [1.165, 1.54) is 0 Å². The molecule has 0 saturated heterocycles. The molecule has 0 amide bonds. The molecule has 1 unspecified atom stereocenters. The first-order chi connectivity index (χ1) is 8.92. The van der Waals surface area contributed by atoms with Crippen molar-refractivity contribution in [3.8, 4) is 0 Å². The fourth-order valence-electron chi connectivity index (χ4n) is 2.07. The molecule has 0 spiro atoms. The highest BCUT2D eigenvalue weighted by atomic mass is 19.4. The van der Waals surface area contributed by atoms with Gasteiger partial charge in [0, 0.05) is 12.5 Å². The Labute approximate surface area is 113 Å². The van der Waals surface area contributed by atoms with E-state index in [4.69, 9.17) is 0 Å². The van der Waals surface area contributed by atoms with Gasteiger partial charge in [-0.05, 0) is 43.9 Å². The average Bonchev–Trinajstić information content (AvgIpc) is 2.34. The molecule has 4 heteroatoms. The molecule has 1 N–H and O–H groups in total. The molecule has 0 fully saturated rings. The molecular weight excluding hydrogens is 251 g/mol. The molecule has 1 aromatic rings. The summed E-state index contributed by atoms with van der Waals surface area (Å²) in [7, 11) is 0. The van der Waals surface area contributed by atoms with Crippen LogP contribution in [-0.4, -0.2) is 18.8 Å². The highest BCUT2D eigenvalue weighted by molar-refractivity contribution is 5.26. The second-order valence-electron chi connectivity index (χ2n) is 4.94. The van der Waals surface area contributed by atoms with Crippen molar-refractivity contribution in [2.24, 2.45) is 0 Å². The first-order valence-electron chi connectivity index (χ1n) is 6.77. The fraction of sp³-hybridized carbons (Fsp3) is 0.600. The molecule has 0 aliphatic heterocycles. The zero-order chi connectivity index (χ0) is 14.3. The summed E-state index contributed by atoms with van der Waals surface area (Å²) < 4.78 is 37.0. The number of benzene rings is 1. The molecule has 1 rings (SSSR count). The lowest BCUT2D eigenvalue weighted by molar-refractivity contribution is -0.136. The Morgan fingerprint density at radius 2 is 1.89 bits per heavy atom. The quantitative estimate of drug-likeness (QED) is 0.783. The summed E-state index contributed by atoms with van der Waals surface area (Å²) in [5, 5.41) is 3.22. The minimum Gasteiger partial charge on any atom is -0.314 e. The van der Waals surface area contributed by atoms with Gasteiger partial charge < -0.3 is 5.32 Å². The van der Waals surface area contributed by atoms with E-state index in [0.717, 1.165) is 24.1 Å². The molecule has 19 heavy (non-hydrogen) atoms. The summed E-state index contributed by atoms with van der Waals surface area (Å²) in [6.45, 7) is 4.77. The van der Waals surface area contributed by atoms with Crippen LogP contribution in [0, 0.1) is 6.92 Å². The number of aryl methyl sites for hydroxylation is 1. The van der Waals surface area contributed by atoms with Crippen LogP contribution in [0.1, 0.15) is 37.3 Å². The zero-order valence-corrected chi connectivity index (χ0v) is 11.6. The normalized spacial score (nSPS) is 13.5. The van der Waals surface area contributed by atoms with Crippen LogP contribution >= 0.6 is 0 Å². The number of alkyl halides is 3. The van der Waals surface area contributed by atoms with Crippen LogP contribution in [0.15, 0.2) is 24.3 Å². The van der Waals surface area contributed by atoms with E-state index in [9.17, 15) is 13.2 Å². The van der Waals surface area contributed by atoms with Gasteiger partial charge in [0.25, 0.3) is 0 Å². The third-order valence-corrected chi connectivity index (χ3v) is 3.19. The smallest absolute Gasteiger partial charge is 0.314 e. The van der Waals surface area contributed by atoms with Crippen molar-refractivity contribution in [2.45, 2.75) is 51.7 Å². The summed E-state index contributed by atoms with van der Waals surface area (Å²) in [4.78, 5) is 0. The summed E-state index contributed by atoms with van der Waals surface area (Å²) in [6.07, 6.45) is -3.07. The maximum absolute atomic E-state index is 12.3. The molecule has 0 aromatic heterocycles. The van der Waals surface area contributed by atoms with Gasteiger partial charge in [-0.15, -0.1) is 0 Å². The Morgan fingerprint density at radius 1 is 1.21 bits per heavy atom. The standard InChI is InChI=1S/C15H22F3N/c1-3-10-19-14(8-9-15(16,17)18)11-13-7-5-4-6-12(13)2/h4-7,14,19H,3,8-11H2,1-2H3. The molecule has 1 atom stereocenters. The Bertz CT molecular complexity index is 374. The lowest BCUT2D eigenvalue weighted by atomic mass is 9.98. The van der Waals surface area contributed by atoms with Crippen molar-refractivity contribution >= 4 is 0 Å². The van der Waals surface area contributed by atoms with Gasteiger partial charge in [0.15, 0.2) is 0 Å². The lowest BCUT2D eigenvalue weighted by Gasteiger charge is -2.20. The average molecular weight is 273 g/mol. The minimum absolute atomic E-state index is 0.109. The van der Waals surface area contributed by atoms with Crippen molar-refractivity contribution < 1.29 is 13.2 Å². The summed E-state index contributed by atoms with van der Waals surface area (Å²) in [6, 6.07) is 7.76. The van der Waals surface area contributed by atoms with Crippen LogP contribution in [-0.2, 0) is 6.42 Å². The van der Waals surface area contributed by atoms with Gasteiger partial charge >= 0.3 is 6.18 Å². The number of rotatable bonds is 7. The predicted molar refractivity (Wildman–Crippen MR) is 72.3 cm³/mol. The first kappa shape index (κ1) is 16.0. The molecule has 0 heterocycles. The molecule has 0 aliphatic carbocycles. The van der Waals surface area contributed by atoms with Crippen LogP contribution in [0.5, 0.6) is 0 Å². The zero-order valence-electron chi connectivity index (χ0n) is 11.6. The predicted octanol–water partition coefficient (Wildman–Crippen LogP) is 4.25. The van der Waals surface area contributed by atoms with Gasteiger partial charge in [-0.3, -0.25) is 0 Å². The third kappa shape index (κ3) is 6.62. The Balaban J connectivity index is 2.61. The van der Waals surface area contributed by atoms with Gasteiger partial charge in [-0.1, -0.05) is 31.2 Å². The molecule has 0 aliphatic rings. The topological polar surface area (TPSA) is 12.0 Å². The van der Waals surface area contributed by atoms with E-state index in [1.807, 2.05) is 38.1 Å². The van der Waals surface area contributed by atoms with Gasteiger partial charge in [0.2, 0.25) is 0 Å². The van der Waals surface area contributed by atoms with Crippen molar-refractivity contribution in [2.75, 3.05) is 6.54 Å². The van der Waals surface area contributed by atoms with E-state index in [-0.39, 0.29) is 12.5 Å². The van der Waals surface area contributed by atoms with Crippen molar-refractivity contribution in [3.63, 3.8) is 0 Å². The molecule has 1 aromatic carbocycles. The second-order valence-corrected chi connectivity index (χ2v) is 4.94. The maximum Gasteiger partial charge on any atom is 0.389 e. The molecule has 0 bridgehead atoms. The second kappa shape index (κ2) is 7.53. The highest BCUT2D eigenvalue weighted by Gasteiger charge is 2.28. The first-order valence-corrected chi connectivity index (χ1v) is 6.77. The Morgan fingerprint density at radius 3 is 2.47 bits per heavy atom. The molecule has 1 nitrogen and oxygen atoms in total. The van der Waals surface area contributed by atoms with Crippen molar-refractivity contribution in [1.82, 2.24) is 5.32 Å². The summed E-state index contributed by atoms with van der Waals surface area (Å²) in [5.74, 6) is 0. The van der Waals surface area contributed by atoms with Gasteiger partial charge in [0.05, 0.1) is 0 Å². The molecular formula is C15H22F3N. The van der Waals surface area contributed by atoms with Crippen molar-refractivity contribution in [3.05, 3.63) is 35.4 Å². The largest absolute Gasteiger partial charge is 0.389 e. The minimum atomic E-state index is -4.07. The highest BCUT2D eigenvalue weighted by Crippen LogP contribution is 2.23. The van der Waals surface area contributed by atoms with E-state index in [1.54, 1.807) is 0 Å². The monoisotopic (exact) mass is 273 g/mol. The van der Waals surface area contributed by atoms with E-state index in [0.29, 0.717) is 6.42 Å². The van der Waals surface area contributed by atoms with Gasteiger partial charge in [-0.2, -0.15) is 13.2 Å². The molecule has 108 valence electrons. The number of nitrogens with one attached hydrogen (secondary N) is 1. The summed E-state index contributed by atoms with van der Waals surface area (Å²) in [5.41, 5.74) is 2.26. The maximum atomic E-state index is 12.3. The summed E-state index contributed by atoms with van der Waals surface area (Å²) >= 11 is 0.